The van der Waals surface area contributed by atoms with Gasteiger partial charge in [0.25, 0.3) is 5.91 Å². The third-order valence-corrected chi connectivity index (χ3v) is 3.28. The molecule has 0 radical (unpaired) electrons. The molecule has 0 bridgehead atoms. The number of amides is 1. The van der Waals surface area contributed by atoms with Gasteiger partial charge in [-0.1, -0.05) is 0 Å². The van der Waals surface area contributed by atoms with Gasteiger partial charge in [0.1, 0.15) is 11.5 Å². The van der Waals surface area contributed by atoms with Crippen molar-refractivity contribution in [2.75, 3.05) is 38.7 Å². The molecular weight excluding hydrogens is 260 g/mol. The van der Waals surface area contributed by atoms with E-state index in [2.05, 4.69) is 15.3 Å². The maximum absolute atomic E-state index is 12.3. The predicted molar refractivity (Wildman–Crippen MR) is 73.5 cm³/mol. The second-order valence-corrected chi connectivity index (χ2v) is 4.63. The zero-order chi connectivity index (χ0) is 14.4. The lowest BCUT2D eigenvalue weighted by molar-refractivity contribution is -0.00565. The van der Waals surface area contributed by atoms with E-state index < -0.39 is 0 Å². The molecule has 2 rings (SSSR count). The molecule has 7 heteroatoms. The van der Waals surface area contributed by atoms with E-state index in [0.29, 0.717) is 31.2 Å². The first kappa shape index (κ1) is 14.7. The van der Waals surface area contributed by atoms with E-state index in [1.807, 2.05) is 0 Å². The highest BCUT2D eigenvalue weighted by molar-refractivity contribution is 5.92. The molecule has 110 valence electrons. The van der Waals surface area contributed by atoms with Crippen LogP contribution in [0.2, 0.25) is 0 Å². The number of ether oxygens (including phenoxy) is 1. The van der Waals surface area contributed by atoms with E-state index in [9.17, 15) is 4.79 Å². The third-order valence-electron chi connectivity index (χ3n) is 3.28. The van der Waals surface area contributed by atoms with Crippen molar-refractivity contribution in [3.63, 3.8) is 0 Å². The Bertz CT molecular complexity index is 447. The second kappa shape index (κ2) is 7.16. The van der Waals surface area contributed by atoms with Crippen molar-refractivity contribution < 1.29 is 14.6 Å². The maximum atomic E-state index is 12.3. The van der Waals surface area contributed by atoms with Gasteiger partial charge in [0.2, 0.25) is 0 Å². The van der Waals surface area contributed by atoms with Crippen molar-refractivity contribution in [1.82, 2.24) is 14.9 Å². The second-order valence-electron chi connectivity index (χ2n) is 4.63. The molecule has 1 fully saturated rings. The first-order valence-electron chi connectivity index (χ1n) is 6.76. The number of hydrogen-bond acceptors (Lipinski definition) is 6. The number of carbonyl (C=O) groups is 1. The normalized spacial score (nSPS) is 16.2. The molecule has 1 aromatic rings. The first-order chi connectivity index (χ1) is 9.74. The van der Waals surface area contributed by atoms with E-state index >= 15 is 0 Å². The van der Waals surface area contributed by atoms with Gasteiger partial charge in [0.15, 0.2) is 0 Å². The highest BCUT2D eigenvalue weighted by Gasteiger charge is 2.24. The maximum Gasteiger partial charge on any atom is 0.274 e. The SMILES string of the molecule is CNc1cncc(C(=O)N2CCC(OCCO)CC2)n1. The molecule has 1 aliphatic heterocycles. The summed E-state index contributed by atoms with van der Waals surface area (Å²) in [4.78, 5) is 22.3. The number of aliphatic hydroxyl groups excluding tert-OH is 1. The number of nitrogens with one attached hydrogen (secondary N) is 1. The van der Waals surface area contributed by atoms with Crippen LogP contribution in [0.1, 0.15) is 23.3 Å². The summed E-state index contributed by atoms with van der Waals surface area (Å²) >= 11 is 0. The van der Waals surface area contributed by atoms with Gasteiger partial charge in [-0.15, -0.1) is 0 Å². The molecule has 0 aliphatic carbocycles. The number of aromatic nitrogens is 2. The summed E-state index contributed by atoms with van der Waals surface area (Å²) in [6.07, 6.45) is 4.75. The molecule has 0 atom stereocenters. The number of carbonyl (C=O) groups excluding carboxylic acids is 1. The summed E-state index contributed by atoms with van der Waals surface area (Å²) < 4.78 is 5.48. The van der Waals surface area contributed by atoms with E-state index in [4.69, 9.17) is 9.84 Å². The van der Waals surface area contributed by atoms with E-state index in [-0.39, 0.29) is 18.6 Å². The first-order valence-corrected chi connectivity index (χ1v) is 6.76. The lowest BCUT2D eigenvalue weighted by Gasteiger charge is -2.31. The van der Waals surface area contributed by atoms with Crippen LogP contribution in [-0.4, -0.2) is 65.3 Å². The van der Waals surface area contributed by atoms with Crippen LogP contribution in [0.3, 0.4) is 0 Å². The molecule has 7 nitrogen and oxygen atoms in total. The standard InChI is InChI=1S/C13H20N4O3/c1-14-12-9-15-8-11(16-12)13(19)17-4-2-10(3-5-17)20-7-6-18/h8-10,18H,2-7H2,1H3,(H,14,16). The molecule has 0 aromatic carbocycles. The fraction of sp³-hybridized carbons (Fsp3) is 0.615. The van der Waals surface area contributed by atoms with Crippen LogP contribution in [0.4, 0.5) is 5.82 Å². The summed E-state index contributed by atoms with van der Waals surface area (Å²) in [5.41, 5.74) is 0.353. The van der Waals surface area contributed by atoms with Crippen LogP contribution in [0, 0.1) is 0 Å². The minimum absolute atomic E-state index is 0.0333. The van der Waals surface area contributed by atoms with Crippen molar-refractivity contribution in [3.8, 4) is 0 Å². The number of hydrogen-bond donors (Lipinski definition) is 2. The Hall–Kier alpha value is -1.73. The van der Waals surface area contributed by atoms with Crippen LogP contribution in [-0.2, 0) is 4.74 Å². The van der Waals surface area contributed by atoms with Gasteiger partial charge < -0.3 is 20.1 Å². The number of piperidine rings is 1. The average Bonchev–Trinajstić information content (AvgIpc) is 2.52. The summed E-state index contributed by atoms with van der Waals surface area (Å²) in [6.45, 7) is 1.67. The van der Waals surface area contributed by atoms with E-state index in [1.54, 1.807) is 18.1 Å². The number of nitrogens with zero attached hydrogens (tertiary/aromatic N) is 3. The quantitative estimate of drug-likeness (QED) is 0.797. The van der Waals surface area contributed by atoms with E-state index in [1.165, 1.54) is 6.20 Å². The number of rotatable bonds is 5. The Morgan fingerprint density at radius 3 is 2.90 bits per heavy atom. The van der Waals surface area contributed by atoms with Gasteiger partial charge in [-0.05, 0) is 12.8 Å². The van der Waals surface area contributed by atoms with E-state index in [0.717, 1.165) is 12.8 Å². The van der Waals surface area contributed by atoms with Crippen LogP contribution >= 0.6 is 0 Å². The molecule has 0 spiro atoms. The molecule has 2 N–H and O–H groups in total. The fourth-order valence-corrected chi connectivity index (χ4v) is 2.20. The van der Waals surface area contributed by atoms with Crippen molar-refractivity contribution >= 4 is 11.7 Å². The highest BCUT2D eigenvalue weighted by atomic mass is 16.5. The summed E-state index contributed by atoms with van der Waals surface area (Å²) in [7, 11) is 1.74. The molecule has 1 aromatic heterocycles. The Morgan fingerprint density at radius 2 is 2.25 bits per heavy atom. The van der Waals surface area contributed by atoms with Crippen LogP contribution in [0.25, 0.3) is 0 Å². The van der Waals surface area contributed by atoms with Crippen LogP contribution in [0.5, 0.6) is 0 Å². The monoisotopic (exact) mass is 280 g/mol. The molecule has 20 heavy (non-hydrogen) atoms. The van der Waals surface area contributed by atoms with Crippen molar-refractivity contribution in [2.24, 2.45) is 0 Å². The largest absolute Gasteiger partial charge is 0.394 e. The minimum Gasteiger partial charge on any atom is -0.394 e. The average molecular weight is 280 g/mol. The Balaban J connectivity index is 1.91. The topological polar surface area (TPSA) is 87.6 Å². The number of aliphatic hydroxyl groups is 1. The Kier molecular flexibility index (Phi) is 5.25. The Morgan fingerprint density at radius 1 is 1.50 bits per heavy atom. The minimum atomic E-state index is -0.102. The lowest BCUT2D eigenvalue weighted by Crippen LogP contribution is -2.41. The molecule has 2 heterocycles. The van der Waals surface area contributed by atoms with Crippen LogP contribution in [0.15, 0.2) is 12.4 Å². The molecule has 0 saturated carbocycles. The van der Waals surface area contributed by atoms with Gasteiger partial charge in [-0.3, -0.25) is 9.78 Å². The zero-order valence-corrected chi connectivity index (χ0v) is 11.6. The van der Waals surface area contributed by atoms with Gasteiger partial charge in [-0.2, -0.15) is 0 Å². The smallest absolute Gasteiger partial charge is 0.274 e. The predicted octanol–water partition coefficient (Wildman–Crippen LogP) is 0.132. The molecule has 0 unspecified atom stereocenters. The van der Waals surface area contributed by atoms with Crippen LogP contribution < -0.4 is 5.32 Å². The fourth-order valence-electron chi connectivity index (χ4n) is 2.20. The zero-order valence-electron chi connectivity index (χ0n) is 11.6. The third kappa shape index (κ3) is 3.64. The lowest BCUT2D eigenvalue weighted by atomic mass is 10.1. The molecule has 1 saturated heterocycles. The molecule has 1 aliphatic rings. The molecular formula is C13H20N4O3. The molecule has 1 amide bonds. The van der Waals surface area contributed by atoms with Gasteiger partial charge in [-0.25, -0.2) is 4.98 Å². The number of likely N-dealkylation sites (tertiary alicyclic amines) is 1. The van der Waals surface area contributed by atoms with Gasteiger partial charge in [0, 0.05) is 20.1 Å². The van der Waals surface area contributed by atoms with Crippen molar-refractivity contribution in [3.05, 3.63) is 18.1 Å². The highest BCUT2D eigenvalue weighted by Crippen LogP contribution is 2.16. The summed E-state index contributed by atoms with van der Waals surface area (Å²) in [5, 5.41) is 11.6. The summed E-state index contributed by atoms with van der Waals surface area (Å²) in [5.74, 6) is 0.479. The summed E-state index contributed by atoms with van der Waals surface area (Å²) in [6, 6.07) is 0. The van der Waals surface area contributed by atoms with Crippen molar-refractivity contribution in [1.29, 1.82) is 0 Å². The van der Waals surface area contributed by atoms with Crippen molar-refractivity contribution in [2.45, 2.75) is 18.9 Å². The Labute approximate surface area is 118 Å². The van der Waals surface area contributed by atoms with Gasteiger partial charge >= 0.3 is 0 Å². The number of anilines is 1. The van der Waals surface area contributed by atoms with Gasteiger partial charge in [0.05, 0.1) is 31.7 Å².